The lowest BCUT2D eigenvalue weighted by Gasteiger charge is -2.04. The van der Waals surface area contributed by atoms with Gasteiger partial charge in [-0.05, 0) is 49.4 Å². The van der Waals surface area contributed by atoms with E-state index in [0.717, 1.165) is 10.2 Å². The van der Waals surface area contributed by atoms with E-state index >= 15 is 0 Å². The fraction of sp³-hybridized carbons (Fsp3) is 0.190. The summed E-state index contributed by atoms with van der Waals surface area (Å²) < 4.78 is 13.2. The second-order valence-electron chi connectivity index (χ2n) is 5.94. The third-order valence-electron chi connectivity index (χ3n) is 3.90. The predicted molar refractivity (Wildman–Crippen MR) is 113 cm³/mol. The van der Waals surface area contributed by atoms with Crippen LogP contribution in [0.4, 0.5) is 0 Å². The summed E-state index contributed by atoms with van der Waals surface area (Å²) >= 11 is 7.15. The summed E-state index contributed by atoms with van der Waals surface area (Å²) in [5.74, 6) is -0.272. The van der Waals surface area contributed by atoms with Crippen LogP contribution in [-0.4, -0.2) is 29.7 Å². The molecule has 0 unspecified atom stereocenters. The smallest absolute Gasteiger partial charge is 0.338 e. The van der Waals surface area contributed by atoms with Gasteiger partial charge in [-0.25, -0.2) is 4.79 Å². The molecule has 6 nitrogen and oxygen atoms in total. The van der Waals surface area contributed by atoms with Crippen molar-refractivity contribution in [3.05, 3.63) is 70.5 Å². The molecule has 0 fully saturated rings. The van der Waals surface area contributed by atoms with E-state index in [4.69, 9.17) is 21.1 Å². The Morgan fingerprint density at radius 2 is 2.00 bits per heavy atom. The summed E-state index contributed by atoms with van der Waals surface area (Å²) in [6, 6.07) is 12.0. The topological polar surface area (TPSA) is 69.9 Å². The number of ether oxygens (including phenoxy) is 2. The van der Waals surface area contributed by atoms with E-state index in [9.17, 15) is 9.59 Å². The van der Waals surface area contributed by atoms with Crippen molar-refractivity contribution in [2.45, 2.75) is 13.5 Å². The Balaban J connectivity index is 1.88. The van der Waals surface area contributed by atoms with E-state index in [1.54, 1.807) is 49.4 Å². The maximum Gasteiger partial charge on any atom is 0.338 e. The molecule has 3 aromatic rings. The zero-order valence-corrected chi connectivity index (χ0v) is 17.3. The highest BCUT2D eigenvalue weighted by Crippen LogP contribution is 2.20. The van der Waals surface area contributed by atoms with Crippen LogP contribution in [0.3, 0.4) is 0 Å². The number of esters is 1. The Hall–Kier alpha value is -2.90. The van der Waals surface area contributed by atoms with Crippen molar-refractivity contribution in [2.24, 2.45) is 4.99 Å². The van der Waals surface area contributed by atoms with Crippen molar-refractivity contribution in [3.63, 3.8) is 0 Å². The van der Waals surface area contributed by atoms with Crippen LogP contribution in [0.2, 0.25) is 5.02 Å². The highest BCUT2D eigenvalue weighted by molar-refractivity contribution is 7.16. The number of nitrogens with zero attached hydrogens (tertiary/aromatic N) is 2. The van der Waals surface area contributed by atoms with E-state index in [0.29, 0.717) is 34.3 Å². The van der Waals surface area contributed by atoms with Crippen molar-refractivity contribution >= 4 is 45.0 Å². The molecule has 0 bridgehead atoms. The molecule has 2 aromatic carbocycles. The van der Waals surface area contributed by atoms with Crippen molar-refractivity contribution < 1.29 is 19.1 Å². The first-order chi connectivity index (χ1) is 14.0. The van der Waals surface area contributed by atoms with E-state index in [1.807, 2.05) is 10.6 Å². The number of allylic oxidation sites excluding steroid dienone is 1. The van der Waals surface area contributed by atoms with Crippen LogP contribution >= 0.6 is 22.9 Å². The van der Waals surface area contributed by atoms with Crippen LogP contribution in [0.15, 0.2) is 60.1 Å². The molecule has 0 aliphatic rings. The van der Waals surface area contributed by atoms with E-state index < -0.39 is 5.91 Å². The normalized spacial score (nSPS) is 11.4. The maximum atomic E-state index is 12.3. The molecule has 0 N–H and O–H groups in total. The summed E-state index contributed by atoms with van der Waals surface area (Å²) in [6.07, 6.45) is 1.72. The Bertz CT molecular complexity index is 1120. The SMILES string of the molecule is C=CCn1c(=NC(=O)COc2ccc(Cl)cc2)sc2cc(C(=O)OCC)ccc21. The van der Waals surface area contributed by atoms with Gasteiger partial charge in [0.05, 0.1) is 22.4 Å². The van der Waals surface area contributed by atoms with Gasteiger partial charge in [-0.3, -0.25) is 4.79 Å². The van der Waals surface area contributed by atoms with Crippen molar-refractivity contribution in [1.29, 1.82) is 0 Å². The third kappa shape index (κ3) is 5.13. The van der Waals surface area contributed by atoms with E-state index in [1.165, 1.54) is 11.3 Å². The van der Waals surface area contributed by atoms with Gasteiger partial charge in [-0.1, -0.05) is 29.0 Å². The first kappa shape index (κ1) is 20.8. The van der Waals surface area contributed by atoms with Crippen LogP contribution in [0.25, 0.3) is 10.2 Å². The van der Waals surface area contributed by atoms with E-state index in [-0.39, 0.29) is 12.6 Å². The van der Waals surface area contributed by atoms with Crippen LogP contribution < -0.4 is 9.54 Å². The molecular formula is C21H19ClN2O4S. The Labute approximate surface area is 176 Å². The van der Waals surface area contributed by atoms with Gasteiger partial charge in [-0.15, -0.1) is 6.58 Å². The zero-order chi connectivity index (χ0) is 20.8. The quantitative estimate of drug-likeness (QED) is 0.415. The van der Waals surface area contributed by atoms with Gasteiger partial charge in [0.2, 0.25) is 0 Å². The fourth-order valence-corrected chi connectivity index (χ4v) is 3.84. The number of carbonyl (C=O) groups is 2. The Morgan fingerprint density at radius 3 is 2.69 bits per heavy atom. The molecule has 29 heavy (non-hydrogen) atoms. The Kier molecular flexibility index (Phi) is 6.85. The van der Waals surface area contributed by atoms with Crippen LogP contribution in [0.1, 0.15) is 17.3 Å². The summed E-state index contributed by atoms with van der Waals surface area (Å²) in [6.45, 7) is 6.11. The molecule has 0 atom stereocenters. The van der Waals surface area contributed by atoms with Gasteiger partial charge in [0.15, 0.2) is 11.4 Å². The number of rotatable bonds is 7. The first-order valence-corrected chi connectivity index (χ1v) is 10.1. The van der Waals surface area contributed by atoms with Crippen LogP contribution in [0.5, 0.6) is 5.75 Å². The number of thiazole rings is 1. The highest BCUT2D eigenvalue weighted by atomic mass is 35.5. The maximum absolute atomic E-state index is 12.3. The lowest BCUT2D eigenvalue weighted by atomic mass is 10.2. The average molecular weight is 431 g/mol. The minimum Gasteiger partial charge on any atom is -0.484 e. The van der Waals surface area contributed by atoms with Gasteiger partial charge in [0.25, 0.3) is 5.91 Å². The molecule has 0 aliphatic carbocycles. The van der Waals surface area contributed by atoms with Gasteiger partial charge in [-0.2, -0.15) is 4.99 Å². The monoisotopic (exact) mass is 430 g/mol. The average Bonchev–Trinajstić information content (AvgIpc) is 3.04. The van der Waals surface area contributed by atoms with Crippen LogP contribution in [0, 0.1) is 0 Å². The number of hydrogen-bond donors (Lipinski definition) is 0. The summed E-state index contributed by atoms with van der Waals surface area (Å²) in [5, 5.41) is 0.589. The molecule has 0 radical (unpaired) electrons. The van der Waals surface area contributed by atoms with Crippen LogP contribution in [-0.2, 0) is 16.1 Å². The fourth-order valence-electron chi connectivity index (χ4n) is 2.62. The van der Waals surface area contributed by atoms with Crippen molar-refractivity contribution in [3.8, 4) is 5.75 Å². The lowest BCUT2D eigenvalue weighted by molar-refractivity contribution is -0.120. The standard InChI is InChI=1S/C21H19ClN2O4S/c1-3-11-24-17-10-5-14(20(26)27-4-2)12-18(17)29-21(24)23-19(25)13-28-16-8-6-15(22)7-9-16/h3,5-10,12H,1,4,11,13H2,2H3. The highest BCUT2D eigenvalue weighted by Gasteiger charge is 2.12. The number of halogens is 1. The summed E-state index contributed by atoms with van der Waals surface area (Å²) in [7, 11) is 0. The predicted octanol–water partition coefficient (Wildman–Crippen LogP) is 4.23. The minimum absolute atomic E-state index is 0.196. The summed E-state index contributed by atoms with van der Waals surface area (Å²) in [5.41, 5.74) is 1.31. The molecular weight excluding hydrogens is 412 g/mol. The molecule has 3 rings (SSSR count). The molecule has 0 saturated heterocycles. The number of fused-ring (bicyclic) bond motifs is 1. The zero-order valence-electron chi connectivity index (χ0n) is 15.8. The molecule has 8 heteroatoms. The molecule has 0 saturated carbocycles. The number of aromatic nitrogens is 1. The molecule has 1 heterocycles. The number of amides is 1. The van der Waals surface area contributed by atoms with Gasteiger partial charge < -0.3 is 14.0 Å². The van der Waals surface area contributed by atoms with Gasteiger partial charge >= 0.3 is 5.97 Å². The summed E-state index contributed by atoms with van der Waals surface area (Å²) in [4.78, 5) is 29.0. The first-order valence-electron chi connectivity index (χ1n) is 8.89. The van der Waals surface area contributed by atoms with Gasteiger partial charge in [0, 0.05) is 11.6 Å². The molecule has 1 amide bonds. The van der Waals surface area contributed by atoms with Gasteiger partial charge in [0.1, 0.15) is 5.75 Å². The molecule has 0 aliphatic heterocycles. The number of benzene rings is 2. The second kappa shape index (κ2) is 9.54. The number of hydrogen-bond acceptors (Lipinski definition) is 5. The molecule has 1 aromatic heterocycles. The van der Waals surface area contributed by atoms with Crippen molar-refractivity contribution in [2.75, 3.05) is 13.2 Å². The van der Waals surface area contributed by atoms with Crippen molar-refractivity contribution in [1.82, 2.24) is 4.57 Å². The number of carbonyl (C=O) groups excluding carboxylic acids is 2. The molecule has 0 spiro atoms. The minimum atomic E-state index is -0.421. The second-order valence-corrected chi connectivity index (χ2v) is 7.38. The third-order valence-corrected chi connectivity index (χ3v) is 5.19. The van der Waals surface area contributed by atoms with E-state index in [2.05, 4.69) is 11.6 Å². The Morgan fingerprint density at radius 1 is 1.24 bits per heavy atom. The lowest BCUT2D eigenvalue weighted by Crippen LogP contribution is -2.19. The largest absolute Gasteiger partial charge is 0.484 e. The molecule has 150 valence electrons.